The molecule has 3 rings (SSSR count). The molecule has 0 atom stereocenters. The quantitative estimate of drug-likeness (QED) is 0.767. The summed E-state index contributed by atoms with van der Waals surface area (Å²) in [6.07, 6.45) is 4.40. The Kier molecular flexibility index (Phi) is 3.02. The van der Waals surface area contributed by atoms with Crippen LogP contribution < -0.4 is 0 Å². The summed E-state index contributed by atoms with van der Waals surface area (Å²) in [6, 6.07) is 6.45. The van der Waals surface area contributed by atoms with Crippen molar-refractivity contribution >= 4 is 11.0 Å². The highest BCUT2D eigenvalue weighted by Gasteiger charge is 2.15. The van der Waals surface area contributed by atoms with Crippen LogP contribution >= 0.6 is 0 Å². The number of aryl methyl sites for hydroxylation is 1. The molecule has 20 heavy (non-hydrogen) atoms. The number of phenols is 2. The molecule has 0 aliphatic heterocycles. The molecular formula is C15H15N3O2. The standard InChI is InChI=1S/C15H15N3O2/c1-2-7-18-13-5-6-16-9-12(13)17-15(18)11-4-3-10(19)8-14(11)20/h3-6,8-9,19-20H,2,7H2,1H3. The van der Waals surface area contributed by atoms with Crippen LogP contribution in [0, 0.1) is 0 Å². The van der Waals surface area contributed by atoms with E-state index in [1.54, 1.807) is 24.5 Å². The molecule has 0 aliphatic carbocycles. The van der Waals surface area contributed by atoms with Crippen molar-refractivity contribution < 1.29 is 10.2 Å². The van der Waals surface area contributed by atoms with Gasteiger partial charge in [-0.25, -0.2) is 4.98 Å². The number of benzene rings is 1. The van der Waals surface area contributed by atoms with Crippen molar-refractivity contribution in [2.45, 2.75) is 19.9 Å². The zero-order valence-electron chi connectivity index (χ0n) is 11.1. The molecule has 0 bridgehead atoms. The SMILES string of the molecule is CCCn1c(-c2ccc(O)cc2O)nc2cnccc21. The van der Waals surface area contributed by atoms with Crippen LogP contribution in [0.3, 0.4) is 0 Å². The van der Waals surface area contributed by atoms with Crippen LogP contribution in [0.4, 0.5) is 0 Å². The van der Waals surface area contributed by atoms with Crippen molar-refractivity contribution in [3.8, 4) is 22.9 Å². The lowest BCUT2D eigenvalue weighted by atomic mass is 10.1. The van der Waals surface area contributed by atoms with Gasteiger partial charge in [-0.3, -0.25) is 4.98 Å². The Labute approximate surface area is 116 Å². The lowest BCUT2D eigenvalue weighted by Crippen LogP contribution is -1.99. The van der Waals surface area contributed by atoms with Gasteiger partial charge in [0.15, 0.2) is 0 Å². The maximum absolute atomic E-state index is 10.0. The van der Waals surface area contributed by atoms with E-state index in [4.69, 9.17) is 0 Å². The summed E-state index contributed by atoms with van der Waals surface area (Å²) in [5.74, 6) is 0.740. The Morgan fingerprint density at radius 2 is 2.05 bits per heavy atom. The van der Waals surface area contributed by atoms with Gasteiger partial charge in [0, 0.05) is 18.8 Å². The normalized spacial score (nSPS) is 11.1. The average molecular weight is 269 g/mol. The van der Waals surface area contributed by atoms with Crippen LogP contribution in [0.15, 0.2) is 36.7 Å². The Hall–Kier alpha value is -2.56. The molecule has 0 amide bonds. The molecule has 2 aromatic heterocycles. The molecular weight excluding hydrogens is 254 g/mol. The fourth-order valence-electron chi connectivity index (χ4n) is 2.35. The first kappa shape index (κ1) is 12.5. The molecule has 1 aromatic carbocycles. The Balaban J connectivity index is 2.26. The number of hydrogen-bond acceptors (Lipinski definition) is 4. The number of pyridine rings is 1. The van der Waals surface area contributed by atoms with Gasteiger partial charge in [0.05, 0.1) is 17.3 Å². The third kappa shape index (κ3) is 1.97. The van der Waals surface area contributed by atoms with Crippen LogP contribution in [-0.2, 0) is 6.54 Å². The van der Waals surface area contributed by atoms with Crippen LogP contribution in [0.25, 0.3) is 22.4 Å². The highest BCUT2D eigenvalue weighted by Crippen LogP contribution is 2.33. The maximum Gasteiger partial charge on any atom is 0.144 e. The van der Waals surface area contributed by atoms with E-state index in [0.717, 1.165) is 24.0 Å². The van der Waals surface area contributed by atoms with Gasteiger partial charge in [-0.15, -0.1) is 0 Å². The largest absolute Gasteiger partial charge is 0.508 e. The van der Waals surface area contributed by atoms with Crippen LogP contribution in [0.1, 0.15) is 13.3 Å². The number of aromatic hydroxyl groups is 2. The summed E-state index contributed by atoms with van der Waals surface area (Å²) in [5, 5.41) is 19.4. The fraction of sp³-hybridized carbons (Fsp3) is 0.200. The fourth-order valence-corrected chi connectivity index (χ4v) is 2.35. The van der Waals surface area contributed by atoms with Gasteiger partial charge in [-0.1, -0.05) is 6.92 Å². The van der Waals surface area contributed by atoms with Crippen molar-refractivity contribution in [1.29, 1.82) is 0 Å². The van der Waals surface area contributed by atoms with E-state index in [-0.39, 0.29) is 11.5 Å². The second-order valence-electron chi connectivity index (χ2n) is 4.65. The third-order valence-corrected chi connectivity index (χ3v) is 3.22. The first-order chi connectivity index (χ1) is 9.70. The molecule has 0 fully saturated rings. The number of rotatable bonds is 3. The number of fused-ring (bicyclic) bond motifs is 1. The zero-order valence-corrected chi connectivity index (χ0v) is 11.1. The minimum atomic E-state index is 0.0191. The number of phenolic OH excluding ortho intramolecular Hbond substituents is 2. The number of hydrogen-bond donors (Lipinski definition) is 2. The Morgan fingerprint density at radius 1 is 1.20 bits per heavy atom. The van der Waals surface area contributed by atoms with Crippen molar-refractivity contribution in [1.82, 2.24) is 14.5 Å². The van der Waals surface area contributed by atoms with Gasteiger partial charge in [0.25, 0.3) is 0 Å². The first-order valence-corrected chi connectivity index (χ1v) is 6.53. The lowest BCUT2D eigenvalue weighted by Gasteiger charge is -2.09. The van der Waals surface area contributed by atoms with Gasteiger partial charge in [-0.05, 0) is 24.6 Å². The molecule has 5 nitrogen and oxygen atoms in total. The van der Waals surface area contributed by atoms with Crippen LogP contribution in [0.2, 0.25) is 0 Å². The summed E-state index contributed by atoms with van der Waals surface area (Å²) in [6.45, 7) is 2.89. The highest BCUT2D eigenvalue weighted by atomic mass is 16.3. The van der Waals surface area contributed by atoms with E-state index >= 15 is 0 Å². The predicted molar refractivity (Wildman–Crippen MR) is 76.6 cm³/mol. The van der Waals surface area contributed by atoms with Crippen molar-refractivity contribution in [2.24, 2.45) is 0 Å². The smallest absolute Gasteiger partial charge is 0.144 e. The molecule has 3 aromatic rings. The van der Waals surface area contributed by atoms with E-state index in [1.165, 1.54) is 6.07 Å². The minimum absolute atomic E-state index is 0.0191. The van der Waals surface area contributed by atoms with Crippen molar-refractivity contribution in [3.05, 3.63) is 36.7 Å². The first-order valence-electron chi connectivity index (χ1n) is 6.53. The number of imidazole rings is 1. The monoisotopic (exact) mass is 269 g/mol. The number of aromatic nitrogens is 3. The zero-order chi connectivity index (χ0) is 14.1. The molecule has 102 valence electrons. The summed E-state index contributed by atoms with van der Waals surface area (Å²) in [7, 11) is 0. The second-order valence-corrected chi connectivity index (χ2v) is 4.65. The van der Waals surface area contributed by atoms with E-state index in [9.17, 15) is 10.2 Å². The Morgan fingerprint density at radius 3 is 2.80 bits per heavy atom. The van der Waals surface area contributed by atoms with E-state index in [1.807, 2.05) is 6.07 Å². The summed E-state index contributed by atoms with van der Waals surface area (Å²) in [5.41, 5.74) is 2.39. The van der Waals surface area contributed by atoms with E-state index in [2.05, 4.69) is 21.5 Å². The van der Waals surface area contributed by atoms with E-state index in [0.29, 0.717) is 11.4 Å². The van der Waals surface area contributed by atoms with Gasteiger partial charge in [-0.2, -0.15) is 0 Å². The second kappa shape index (κ2) is 4.85. The topological polar surface area (TPSA) is 71.2 Å². The molecule has 5 heteroatoms. The molecule has 2 heterocycles. The van der Waals surface area contributed by atoms with Crippen LogP contribution in [-0.4, -0.2) is 24.7 Å². The van der Waals surface area contributed by atoms with Crippen molar-refractivity contribution in [3.63, 3.8) is 0 Å². The average Bonchev–Trinajstić information content (AvgIpc) is 2.78. The lowest BCUT2D eigenvalue weighted by molar-refractivity contribution is 0.451. The third-order valence-electron chi connectivity index (χ3n) is 3.22. The molecule has 0 spiro atoms. The maximum atomic E-state index is 10.0. The van der Waals surface area contributed by atoms with Gasteiger partial charge in [0.1, 0.15) is 22.8 Å². The molecule has 2 N–H and O–H groups in total. The molecule has 0 aliphatic rings. The predicted octanol–water partition coefficient (Wildman–Crippen LogP) is 2.92. The van der Waals surface area contributed by atoms with Gasteiger partial charge >= 0.3 is 0 Å². The highest BCUT2D eigenvalue weighted by molar-refractivity contribution is 5.81. The molecule has 0 unspecified atom stereocenters. The Bertz CT molecular complexity index is 765. The van der Waals surface area contributed by atoms with Crippen LogP contribution in [0.5, 0.6) is 11.5 Å². The minimum Gasteiger partial charge on any atom is -0.508 e. The summed E-state index contributed by atoms with van der Waals surface area (Å²) < 4.78 is 2.06. The molecule has 0 radical (unpaired) electrons. The molecule has 0 saturated heterocycles. The van der Waals surface area contributed by atoms with E-state index < -0.39 is 0 Å². The van der Waals surface area contributed by atoms with Gasteiger partial charge < -0.3 is 14.8 Å². The summed E-state index contributed by atoms with van der Waals surface area (Å²) in [4.78, 5) is 8.63. The molecule has 0 saturated carbocycles. The van der Waals surface area contributed by atoms with Gasteiger partial charge in [0.2, 0.25) is 0 Å². The number of nitrogens with zero attached hydrogens (tertiary/aromatic N) is 3. The van der Waals surface area contributed by atoms with Crippen molar-refractivity contribution in [2.75, 3.05) is 0 Å². The summed E-state index contributed by atoms with van der Waals surface area (Å²) >= 11 is 0.